The van der Waals surface area contributed by atoms with E-state index in [1.54, 1.807) is 0 Å². The van der Waals surface area contributed by atoms with Gasteiger partial charge in [0, 0.05) is 6.42 Å². The van der Waals surface area contributed by atoms with Gasteiger partial charge in [-0.1, -0.05) is 35.5 Å². The summed E-state index contributed by atoms with van der Waals surface area (Å²) in [5, 5.41) is 8.50. The molecule has 3 rings (SSSR count). The molecule has 5 heteroatoms. The molecule has 0 spiro atoms. The van der Waals surface area contributed by atoms with E-state index in [1.807, 2.05) is 29.8 Å². The molecule has 1 heterocycles. The number of fused-ring (bicyclic) bond motifs is 1. The summed E-state index contributed by atoms with van der Waals surface area (Å²) >= 11 is 0. The van der Waals surface area contributed by atoms with Crippen LogP contribution in [0, 0.1) is 5.92 Å². The first-order valence-electron chi connectivity index (χ1n) is 7.39. The Kier molecular flexibility index (Phi) is 3.99. The zero-order valence-electron chi connectivity index (χ0n) is 12.2. The number of carbonyl (C=O) groups excluding carboxylic acids is 1. The van der Waals surface area contributed by atoms with Gasteiger partial charge in [-0.15, -0.1) is 5.10 Å². The Morgan fingerprint density at radius 3 is 2.95 bits per heavy atom. The maximum atomic E-state index is 11.8. The third-order valence-electron chi connectivity index (χ3n) is 3.88. The van der Waals surface area contributed by atoms with E-state index in [4.69, 9.17) is 4.74 Å². The molecule has 0 aliphatic heterocycles. The molecule has 2 aromatic rings. The van der Waals surface area contributed by atoms with Gasteiger partial charge in [0.1, 0.15) is 0 Å². The van der Waals surface area contributed by atoms with Crippen LogP contribution in [-0.4, -0.2) is 27.6 Å². The third-order valence-corrected chi connectivity index (χ3v) is 3.88. The molecule has 21 heavy (non-hydrogen) atoms. The predicted molar refractivity (Wildman–Crippen MR) is 77.7 cm³/mol. The van der Waals surface area contributed by atoms with Crippen molar-refractivity contribution in [2.75, 3.05) is 6.61 Å². The normalized spacial score (nSPS) is 17.3. The van der Waals surface area contributed by atoms with Gasteiger partial charge in [0.25, 0.3) is 0 Å². The van der Waals surface area contributed by atoms with Crippen molar-refractivity contribution in [3.05, 3.63) is 47.3 Å². The van der Waals surface area contributed by atoms with Crippen molar-refractivity contribution >= 4 is 5.97 Å². The number of ether oxygens (including phenoxy) is 1. The molecular weight excluding hydrogens is 266 g/mol. The van der Waals surface area contributed by atoms with E-state index in [2.05, 4.69) is 22.4 Å². The molecule has 0 saturated carbocycles. The first-order valence-corrected chi connectivity index (χ1v) is 7.39. The minimum atomic E-state index is -0.110. The fraction of sp³-hybridized carbons (Fsp3) is 0.438. The molecule has 0 radical (unpaired) electrons. The molecule has 1 atom stereocenters. The average molecular weight is 285 g/mol. The topological polar surface area (TPSA) is 57.0 Å². The standard InChI is InChI=1S/C16H19N3O2/c1-2-21-16(20)13-8-9-15-14(10-13)17-18-19(15)11-12-6-4-3-5-7-12/h3-7,13H,2,8-11H2,1H3. The number of esters is 1. The molecule has 0 amide bonds. The van der Waals surface area contributed by atoms with Crippen molar-refractivity contribution < 1.29 is 9.53 Å². The van der Waals surface area contributed by atoms with Crippen LogP contribution in [-0.2, 0) is 28.9 Å². The summed E-state index contributed by atoms with van der Waals surface area (Å²) in [7, 11) is 0. The second kappa shape index (κ2) is 6.08. The molecule has 0 bridgehead atoms. The van der Waals surface area contributed by atoms with Crippen LogP contribution >= 0.6 is 0 Å². The molecule has 0 fully saturated rings. The molecule has 1 aliphatic rings. The predicted octanol–water partition coefficient (Wildman–Crippen LogP) is 1.99. The van der Waals surface area contributed by atoms with E-state index < -0.39 is 0 Å². The Morgan fingerprint density at radius 2 is 2.19 bits per heavy atom. The first-order chi connectivity index (χ1) is 10.3. The molecule has 1 unspecified atom stereocenters. The molecule has 0 N–H and O–H groups in total. The van der Waals surface area contributed by atoms with E-state index >= 15 is 0 Å². The van der Waals surface area contributed by atoms with Gasteiger partial charge in [-0.25, -0.2) is 4.68 Å². The number of carbonyl (C=O) groups is 1. The molecule has 110 valence electrons. The zero-order valence-corrected chi connectivity index (χ0v) is 12.2. The highest BCUT2D eigenvalue weighted by Gasteiger charge is 2.29. The van der Waals surface area contributed by atoms with Crippen molar-refractivity contribution in [2.24, 2.45) is 5.92 Å². The van der Waals surface area contributed by atoms with Gasteiger partial charge in [0.05, 0.1) is 30.5 Å². The Hall–Kier alpha value is -2.17. The van der Waals surface area contributed by atoms with Crippen molar-refractivity contribution in [2.45, 2.75) is 32.7 Å². The number of benzene rings is 1. The summed E-state index contributed by atoms with van der Waals surface area (Å²) in [5.41, 5.74) is 3.30. The second-order valence-electron chi connectivity index (χ2n) is 5.32. The summed E-state index contributed by atoms with van der Waals surface area (Å²) in [6.45, 7) is 3.00. The molecular formula is C16H19N3O2. The quantitative estimate of drug-likeness (QED) is 0.806. The Morgan fingerprint density at radius 1 is 1.38 bits per heavy atom. The molecule has 5 nitrogen and oxygen atoms in total. The number of aromatic nitrogens is 3. The first kappa shape index (κ1) is 13.8. The zero-order chi connectivity index (χ0) is 14.7. The minimum Gasteiger partial charge on any atom is -0.466 e. The van der Waals surface area contributed by atoms with Gasteiger partial charge in [-0.05, 0) is 25.3 Å². The Bertz CT molecular complexity index is 622. The van der Waals surface area contributed by atoms with E-state index in [1.165, 1.54) is 5.56 Å². The lowest BCUT2D eigenvalue weighted by Crippen LogP contribution is -2.25. The maximum absolute atomic E-state index is 11.8. The smallest absolute Gasteiger partial charge is 0.309 e. The van der Waals surface area contributed by atoms with Crippen LogP contribution in [0.15, 0.2) is 30.3 Å². The SMILES string of the molecule is CCOC(=O)C1CCc2c(nnn2Cc2ccccc2)C1. The lowest BCUT2D eigenvalue weighted by Gasteiger charge is -2.20. The fourth-order valence-electron chi connectivity index (χ4n) is 2.79. The van der Waals surface area contributed by atoms with Gasteiger partial charge in [0.15, 0.2) is 0 Å². The average Bonchev–Trinajstić information content (AvgIpc) is 2.91. The van der Waals surface area contributed by atoms with Crippen LogP contribution in [0.25, 0.3) is 0 Å². The summed E-state index contributed by atoms with van der Waals surface area (Å²) in [6.07, 6.45) is 2.29. The lowest BCUT2D eigenvalue weighted by molar-refractivity contribution is -0.148. The monoisotopic (exact) mass is 285 g/mol. The van der Waals surface area contributed by atoms with Gasteiger partial charge in [0.2, 0.25) is 0 Å². The van der Waals surface area contributed by atoms with Crippen molar-refractivity contribution in [1.29, 1.82) is 0 Å². The fourth-order valence-corrected chi connectivity index (χ4v) is 2.79. The summed E-state index contributed by atoms with van der Waals surface area (Å²) in [5.74, 6) is -0.180. The lowest BCUT2D eigenvalue weighted by atomic mass is 9.89. The van der Waals surface area contributed by atoms with Crippen molar-refractivity contribution in [3.8, 4) is 0 Å². The molecule has 1 aromatic carbocycles. The minimum absolute atomic E-state index is 0.0701. The largest absolute Gasteiger partial charge is 0.466 e. The van der Waals surface area contributed by atoms with Crippen LogP contribution in [0.5, 0.6) is 0 Å². The number of nitrogens with zero attached hydrogens (tertiary/aromatic N) is 3. The van der Waals surface area contributed by atoms with Crippen LogP contribution in [0.3, 0.4) is 0 Å². The van der Waals surface area contributed by atoms with Gasteiger partial charge in [-0.2, -0.15) is 0 Å². The molecule has 1 aliphatic carbocycles. The number of hydrogen-bond acceptors (Lipinski definition) is 4. The van der Waals surface area contributed by atoms with E-state index in [-0.39, 0.29) is 11.9 Å². The third kappa shape index (κ3) is 2.96. The van der Waals surface area contributed by atoms with Crippen LogP contribution < -0.4 is 0 Å². The number of hydrogen-bond donors (Lipinski definition) is 0. The maximum Gasteiger partial charge on any atom is 0.309 e. The summed E-state index contributed by atoms with van der Waals surface area (Å²) in [4.78, 5) is 11.8. The highest BCUT2D eigenvalue weighted by molar-refractivity contribution is 5.73. The highest BCUT2D eigenvalue weighted by Crippen LogP contribution is 2.25. The van der Waals surface area contributed by atoms with Crippen LogP contribution in [0.2, 0.25) is 0 Å². The van der Waals surface area contributed by atoms with Crippen molar-refractivity contribution in [3.63, 3.8) is 0 Å². The Labute approximate surface area is 123 Å². The van der Waals surface area contributed by atoms with Crippen LogP contribution in [0.4, 0.5) is 0 Å². The van der Waals surface area contributed by atoms with Gasteiger partial charge < -0.3 is 4.74 Å². The molecule has 1 aromatic heterocycles. The van der Waals surface area contributed by atoms with Gasteiger partial charge in [-0.3, -0.25) is 4.79 Å². The summed E-state index contributed by atoms with van der Waals surface area (Å²) < 4.78 is 7.06. The van der Waals surface area contributed by atoms with E-state index in [0.29, 0.717) is 13.0 Å². The van der Waals surface area contributed by atoms with Crippen LogP contribution in [0.1, 0.15) is 30.3 Å². The van der Waals surface area contributed by atoms with Gasteiger partial charge >= 0.3 is 5.97 Å². The van der Waals surface area contributed by atoms with E-state index in [9.17, 15) is 4.79 Å². The number of rotatable bonds is 4. The Balaban J connectivity index is 1.73. The second-order valence-corrected chi connectivity index (χ2v) is 5.32. The van der Waals surface area contributed by atoms with E-state index in [0.717, 1.165) is 30.8 Å². The van der Waals surface area contributed by atoms with Crippen molar-refractivity contribution in [1.82, 2.24) is 15.0 Å². The summed E-state index contributed by atoms with van der Waals surface area (Å²) in [6, 6.07) is 10.2. The highest BCUT2D eigenvalue weighted by atomic mass is 16.5. The molecule has 0 saturated heterocycles.